The molecule has 0 aromatic heterocycles. The molecule has 0 spiro atoms. The summed E-state index contributed by atoms with van der Waals surface area (Å²) in [6, 6.07) is 6.91. The third kappa shape index (κ3) is 1.90. The molecule has 5 nitrogen and oxygen atoms in total. The molecule has 0 unspecified atom stereocenters. The van der Waals surface area contributed by atoms with Crippen LogP contribution >= 0.6 is 0 Å². The lowest BCUT2D eigenvalue weighted by molar-refractivity contribution is -0.138. The van der Waals surface area contributed by atoms with Crippen LogP contribution < -0.4 is 10.2 Å². The number of amides is 2. The molecular formula is C11H12N2O3. The van der Waals surface area contributed by atoms with Crippen LogP contribution in [0.5, 0.6) is 0 Å². The Morgan fingerprint density at radius 3 is 2.56 bits per heavy atom. The van der Waals surface area contributed by atoms with E-state index < -0.39 is 11.8 Å². The molecule has 16 heavy (non-hydrogen) atoms. The highest BCUT2D eigenvalue weighted by molar-refractivity contribution is 6.41. The number of anilines is 1. The number of nitrogens with one attached hydrogen (secondary N) is 1. The highest BCUT2D eigenvalue weighted by Crippen LogP contribution is 2.16. The zero-order valence-electron chi connectivity index (χ0n) is 8.64. The molecule has 1 aliphatic rings. The minimum atomic E-state index is -0.572. The van der Waals surface area contributed by atoms with Crippen LogP contribution in [0.1, 0.15) is 5.56 Å². The second-order valence-electron chi connectivity index (χ2n) is 3.54. The maximum atomic E-state index is 11.5. The minimum Gasteiger partial charge on any atom is -0.392 e. The molecular weight excluding hydrogens is 208 g/mol. The first kappa shape index (κ1) is 10.6. The predicted octanol–water partition coefficient (Wildman–Crippen LogP) is -0.358. The smallest absolute Gasteiger partial charge is 0.316 e. The summed E-state index contributed by atoms with van der Waals surface area (Å²) in [5.41, 5.74) is 1.45. The zero-order valence-corrected chi connectivity index (χ0v) is 8.64. The van der Waals surface area contributed by atoms with Gasteiger partial charge in [0.1, 0.15) is 0 Å². The van der Waals surface area contributed by atoms with E-state index >= 15 is 0 Å². The fourth-order valence-corrected chi connectivity index (χ4v) is 1.61. The van der Waals surface area contributed by atoms with E-state index in [2.05, 4.69) is 5.32 Å². The first-order valence-electron chi connectivity index (χ1n) is 5.02. The van der Waals surface area contributed by atoms with Gasteiger partial charge in [0.2, 0.25) is 0 Å². The second-order valence-corrected chi connectivity index (χ2v) is 3.54. The summed E-state index contributed by atoms with van der Waals surface area (Å²) in [5, 5.41) is 11.4. The molecule has 0 aliphatic carbocycles. The highest BCUT2D eigenvalue weighted by atomic mass is 16.3. The van der Waals surface area contributed by atoms with Crippen LogP contribution in [-0.4, -0.2) is 30.0 Å². The van der Waals surface area contributed by atoms with Crippen LogP contribution in [0.4, 0.5) is 5.69 Å². The Bertz CT molecular complexity index is 414. The number of nitrogens with zero attached hydrogens (tertiary/aromatic N) is 1. The van der Waals surface area contributed by atoms with Crippen molar-refractivity contribution in [3.63, 3.8) is 0 Å². The minimum absolute atomic E-state index is 0.0330. The van der Waals surface area contributed by atoms with Crippen molar-refractivity contribution in [1.82, 2.24) is 5.32 Å². The standard InChI is InChI=1S/C11H12N2O3/c14-7-8-1-3-9(4-2-8)13-6-5-12-10(15)11(13)16/h1-4,14H,5-7H2,(H,12,15). The molecule has 1 fully saturated rings. The number of hydrogen-bond acceptors (Lipinski definition) is 3. The van der Waals surface area contributed by atoms with Crippen LogP contribution in [0, 0.1) is 0 Å². The lowest BCUT2D eigenvalue weighted by atomic mass is 10.2. The van der Waals surface area contributed by atoms with Crippen molar-refractivity contribution in [2.45, 2.75) is 6.61 Å². The fraction of sp³-hybridized carbons (Fsp3) is 0.273. The van der Waals surface area contributed by atoms with E-state index in [0.717, 1.165) is 5.56 Å². The Kier molecular flexibility index (Phi) is 2.87. The summed E-state index contributed by atoms with van der Waals surface area (Å²) < 4.78 is 0. The first-order chi connectivity index (χ1) is 7.72. The average Bonchev–Trinajstić information content (AvgIpc) is 2.33. The molecule has 1 aliphatic heterocycles. The summed E-state index contributed by atoms with van der Waals surface area (Å²) in [6.07, 6.45) is 0. The molecule has 2 rings (SSSR count). The van der Waals surface area contributed by atoms with Gasteiger partial charge >= 0.3 is 11.8 Å². The number of benzene rings is 1. The summed E-state index contributed by atoms with van der Waals surface area (Å²) in [6.45, 7) is 0.907. The summed E-state index contributed by atoms with van der Waals surface area (Å²) in [4.78, 5) is 24.1. The van der Waals surface area contributed by atoms with E-state index in [1.54, 1.807) is 24.3 Å². The van der Waals surface area contributed by atoms with Gasteiger partial charge in [-0.3, -0.25) is 9.59 Å². The Hall–Kier alpha value is -1.88. The van der Waals surface area contributed by atoms with Crippen molar-refractivity contribution >= 4 is 17.5 Å². The number of aliphatic hydroxyl groups is 1. The maximum absolute atomic E-state index is 11.5. The number of piperazine rings is 1. The zero-order chi connectivity index (χ0) is 11.5. The van der Waals surface area contributed by atoms with Gasteiger partial charge in [-0.15, -0.1) is 0 Å². The number of carbonyl (C=O) groups excluding carboxylic acids is 2. The van der Waals surface area contributed by atoms with Gasteiger partial charge in [-0.05, 0) is 17.7 Å². The third-order valence-electron chi connectivity index (χ3n) is 2.49. The third-order valence-corrected chi connectivity index (χ3v) is 2.49. The van der Waals surface area contributed by atoms with Gasteiger partial charge in [-0.2, -0.15) is 0 Å². The number of rotatable bonds is 2. The van der Waals surface area contributed by atoms with Crippen LogP contribution in [0.15, 0.2) is 24.3 Å². The van der Waals surface area contributed by atoms with Crippen molar-refractivity contribution in [3.05, 3.63) is 29.8 Å². The Morgan fingerprint density at radius 2 is 1.94 bits per heavy atom. The largest absolute Gasteiger partial charge is 0.392 e. The molecule has 0 bridgehead atoms. The lowest BCUT2D eigenvalue weighted by Crippen LogP contribution is -2.52. The van der Waals surface area contributed by atoms with Crippen molar-refractivity contribution in [3.8, 4) is 0 Å². The SMILES string of the molecule is O=C1NCCN(c2ccc(CO)cc2)C1=O. The topological polar surface area (TPSA) is 69.6 Å². The lowest BCUT2D eigenvalue weighted by Gasteiger charge is -2.26. The van der Waals surface area contributed by atoms with E-state index in [1.165, 1.54) is 4.90 Å². The van der Waals surface area contributed by atoms with Crippen LogP contribution in [0.25, 0.3) is 0 Å². The average molecular weight is 220 g/mol. The monoisotopic (exact) mass is 220 g/mol. The van der Waals surface area contributed by atoms with Crippen molar-refractivity contribution in [2.24, 2.45) is 0 Å². The van der Waals surface area contributed by atoms with E-state index in [-0.39, 0.29) is 6.61 Å². The van der Waals surface area contributed by atoms with Gasteiger partial charge in [0.25, 0.3) is 0 Å². The van der Waals surface area contributed by atoms with Gasteiger partial charge in [0.15, 0.2) is 0 Å². The molecule has 1 aromatic rings. The molecule has 2 N–H and O–H groups in total. The van der Waals surface area contributed by atoms with Gasteiger partial charge in [-0.1, -0.05) is 12.1 Å². The van der Waals surface area contributed by atoms with Crippen LogP contribution in [0.3, 0.4) is 0 Å². The highest BCUT2D eigenvalue weighted by Gasteiger charge is 2.26. The van der Waals surface area contributed by atoms with E-state index in [1.807, 2.05) is 0 Å². The van der Waals surface area contributed by atoms with E-state index in [0.29, 0.717) is 18.8 Å². The summed E-state index contributed by atoms with van der Waals surface area (Å²) >= 11 is 0. The molecule has 2 amide bonds. The molecule has 1 heterocycles. The molecule has 0 radical (unpaired) electrons. The molecule has 5 heteroatoms. The van der Waals surface area contributed by atoms with Gasteiger partial charge < -0.3 is 15.3 Å². The van der Waals surface area contributed by atoms with Gasteiger partial charge in [0, 0.05) is 18.8 Å². The summed E-state index contributed by atoms with van der Waals surface area (Å²) in [7, 11) is 0. The number of carbonyl (C=O) groups is 2. The molecule has 0 saturated carbocycles. The van der Waals surface area contributed by atoms with Crippen LogP contribution in [0.2, 0.25) is 0 Å². The van der Waals surface area contributed by atoms with Crippen LogP contribution in [-0.2, 0) is 16.2 Å². The fourth-order valence-electron chi connectivity index (χ4n) is 1.61. The molecule has 0 atom stereocenters. The van der Waals surface area contributed by atoms with Gasteiger partial charge in [0.05, 0.1) is 6.61 Å². The predicted molar refractivity (Wildman–Crippen MR) is 57.7 cm³/mol. The number of hydrogen-bond donors (Lipinski definition) is 2. The quantitative estimate of drug-likeness (QED) is 0.669. The van der Waals surface area contributed by atoms with Crippen molar-refractivity contribution in [1.29, 1.82) is 0 Å². The number of aliphatic hydroxyl groups excluding tert-OH is 1. The Labute approximate surface area is 92.7 Å². The molecule has 84 valence electrons. The molecule has 1 saturated heterocycles. The van der Waals surface area contributed by atoms with E-state index in [9.17, 15) is 9.59 Å². The Morgan fingerprint density at radius 1 is 1.25 bits per heavy atom. The normalized spacial score (nSPS) is 16.2. The van der Waals surface area contributed by atoms with Gasteiger partial charge in [-0.25, -0.2) is 0 Å². The summed E-state index contributed by atoms with van der Waals surface area (Å²) in [5.74, 6) is -1.11. The van der Waals surface area contributed by atoms with Crippen molar-refractivity contribution in [2.75, 3.05) is 18.0 Å². The Balaban J connectivity index is 2.22. The second kappa shape index (κ2) is 4.32. The first-order valence-corrected chi connectivity index (χ1v) is 5.02. The molecule has 1 aromatic carbocycles. The maximum Gasteiger partial charge on any atom is 0.316 e. The van der Waals surface area contributed by atoms with E-state index in [4.69, 9.17) is 5.11 Å². The van der Waals surface area contributed by atoms with Crippen molar-refractivity contribution < 1.29 is 14.7 Å².